The van der Waals surface area contributed by atoms with E-state index in [1.807, 2.05) is 32.0 Å². The van der Waals surface area contributed by atoms with Crippen LogP contribution in [0.1, 0.15) is 34.9 Å². The van der Waals surface area contributed by atoms with Gasteiger partial charge in [-0.1, -0.05) is 35.5 Å². The van der Waals surface area contributed by atoms with Crippen LogP contribution in [0.5, 0.6) is 0 Å². The summed E-state index contributed by atoms with van der Waals surface area (Å²) in [6.45, 7) is 6.09. The number of aryl methyl sites for hydroxylation is 2. The van der Waals surface area contributed by atoms with E-state index in [-0.39, 0.29) is 12.0 Å². The molecule has 2 aromatic rings. The molecule has 1 fully saturated rings. The summed E-state index contributed by atoms with van der Waals surface area (Å²) >= 11 is 0. The molecule has 0 aliphatic carbocycles. The molecular weight excluding hydrogens is 364 g/mol. The molecule has 1 saturated heterocycles. The lowest BCUT2D eigenvalue weighted by Gasteiger charge is -2.39. The van der Waals surface area contributed by atoms with Crippen molar-refractivity contribution in [3.05, 3.63) is 52.9 Å². The molecule has 2 atom stereocenters. The molecule has 0 spiro atoms. The second-order valence-electron chi connectivity index (χ2n) is 7.36. The van der Waals surface area contributed by atoms with Crippen LogP contribution in [0.2, 0.25) is 0 Å². The van der Waals surface area contributed by atoms with Crippen molar-refractivity contribution in [3.8, 4) is 0 Å². The third-order valence-electron chi connectivity index (χ3n) is 5.27. The Hall–Kier alpha value is -1.74. The summed E-state index contributed by atoms with van der Waals surface area (Å²) in [5.74, 6) is 0.963. The van der Waals surface area contributed by atoms with Gasteiger partial charge in [0.2, 0.25) is 0 Å². The van der Waals surface area contributed by atoms with E-state index in [2.05, 4.69) is 26.9 Å². The molecule has 0 unspecified atom stereocenters. The van der Waals surface area contributed by atoms with Gasteiger partial charge in [0.05, 0.1) is 5.69 Å². The molecule has 8 heteroatoms. The van der Waals surface area contributed by atoms with Crippen molar-refractivity contribution in [2.75, 3.05) is 27.2 Å². The molecule has 2 heterocycles. The average Bonchev–Trinajstić information content (AvgIpc) is 2.94. The first-order chi connectivity index (χ1) is 12.8. The Kier molecular flexibility index (Phi) is 6.00. The molecule has 27 heavy (non-hydrogen) atoms. The molecule has 1 aromatic heterocycles. The average molecular weight is 393 g/mol. The Morgan fingerprint density at radius 3 is 2.56 bits per heavy atom. The summed E-state index contributed by atoms with van der Waals surface area (Å²) in [7, 11) is -0.423. The van der Waals surface area contributed by atoms with Gasteiger partial charge in [0.25, 0.3) is 10.2 Å². The largest absolute Gasteiger partial charge is 0.361 e. The third kappa shape index (κ3) is 4.57. The lowest BCUT2D eigenvalue weighted by atomic mass is 9.85. The number of benzene rings is 1. The maximum absolute atomic E-state index is 12.5. The monoisotopic (exact) mass is 392 g/mol. The predicted molar refractivity (Wildman–Crippen MR) is 105 cm³/mol. The first-order valence-corrected chi connectivity index (χ1v) is 10.6. The summed E-state index contributed by atoms with van der Waals surface area (Å²) < 4.78 is 34.4. The highest BCUT2D eigenvalue weighted by Gasteiger charge is 2.34. The van der Waals surface area contributed by atoms with Gasteiger partial charge in [0.15, 0.2) is 0 Å². The minimum atomic E-state index is -3.51. The number of hydrogen-bond donors (Lipinski definition) is 1. The zero-order valence-corrected chi connectivity index (χ0v) is 17.2. The van der Waals surface area contributed by atoms with Crippen LogP contribution >= 0.6 is 0 Å². The summed E-state index contributed by atoms with van der Waals surface area (Å²) in [6.07, 6.45) is 0.883. The first-order valence-electron chi connectivity index (χ1n) is 9.16. The van der Waals surface area contributed by atoms with Gasteiger partial charge in [-0.15, -0.1) is 0 Å². The molecule has 1 aromatic carbocycles. The number of nitrogens with zero attached hydrogens (tertiary/aromatic N) is 3. The molecule has 0 bridgehead atoms. The fourth-order valence-electron chi connectivity index (χ4n) is 3.63. The third-order valence-corrected chi connectivity index (χ3v) is 6.83. The second-order valence-corrected chi connectivity index (χ2v) is 9.27. The van der Waals surface area contributed by atoms with Gasteiger partial charge in [-0.3, -0.25) is 4.90 Å². The predicted octanol–water partition coefficient (Wildman–Crippen LogP) is 2.05. The Morgan fingerprint density at radius 2 is 1.96 bits per heavy atom. The van der Waals surface area contributed by atoms with E-state index in [9.17, 15) is 8.42 Å². The molecule has 7 nitrogen and oxygen atoms in total. The Morgan fingerprint density at radius 1 is 1.26 bits per heavy atom. The zero-order valence-electron chi connectivity index (χ0n) is 16.3. The minimum absolute atomic E-state index is 0.141. The fourth-order valence-corrected chi connectivity index (χ4v) is 4.46. The number of rotatable bonds is 6. The summed E-state index contributed by atoms with van der Waals surface area (Å²) in [4.78, 5) is 2.27. The van der Waals surface area contributed by atoms with Gasteiger partial charge in [0.1, 0.15) is 5.76 Å². The smallest absolute Gasteiger partial charge is 0.279 e. The van der Waals surface area contributed by atoms with Crippen molar-refractivity contribution in [2.24, 2.45) is 0 Å². The number of likely N-dealkylation sites (tertiary alicyclic amines) is 1. The van der Waals surface area contributed by atoms with Crippen molar-refractivity contribution in [1.82, 2.24) is 19.1 Å². The molecule has 0 amide bonds. The Bertz CT molecular complexity index is 845. The molecule has 3 rings (SSSR count). The topological polar surface area (TPSA) is 78.7 Å². The minimum Gasteiger partial charge on any atom is -0.361 e. The maximum atomic E-state index is 12.5. The number of piperidine rings is 1. The van der Waals surface area contributed by atoms with E-state index < -0.39 is 10.2 Å². The highest BCUT2D eigenvalue weighted by molar-refractivity contribution is 7.87. The van der Waals surface area contributed by atoms with Crippen LogP contribution in [0.25, 0.3) is 0 Å². The van der Waals surface area contributed by atoms with Gasteiger partial charge in [-0.05, 0) is 32.4 Å². The Labute approximate surface area is 161 Å². The van der Waals surface area contributed by atoms with Crippen LogP contribution in [0, 0.1) is 13.8 Å². The lowest BCUT2D eigenvalue weighted by molar-refractivity contribution is 0.174. The van der Waals surface area contributed by atoms with Crippen molar-refractivity contribution in [2.45, 2.75) is 38.8 Å². The SMILES string of the molecule is Cc1noc(C)c1CN1CC[C@@H](c2ccccc2)[C@@H](NS(=O)(=O)N(C)C)C1. The van der Waals surface area contributed by atoms with E-state index in [4.69, 9.17) is 4.52 Å². The maximum Gasteiger partial charge on any atom is 0.279 e. The molecule has 1 aliphatic heterocycles. The van der Waals surface area contributed by atoms with E-state index in [1.54, 1.807) is 14.1 Å². The van der Waals surface area contributed by atoms with Crippen LogP contribution in [0.15, 0.2) is 34.9 Å². The zero-order chi connectivity index (χ0) is 19.6. The van der Waals surface area contributed by atoms with Crippen LogP contribution in [-0.4, -0.2) is 56.0 Å². The standard InChI is InChI=1S/C19H28N4O3S/c1-14-18(15(2)26-20-14)12-23-11-10-17(16-8-6-5-7-9-16)19(13-23)21-27(24,25)22(3)4/h5-9,17,19,21H,10-13H2,1-4H3/t17-,19-/m0/s1. The van der Waals surface area contributed by atoms with Crippen molar-refractivity contribution < 1.29 is 12.9 Å². The molecule has 148 valence electrons. The van der Waals surface area contributed by atoms with Crippen LogP contribution in [0.3, 0.4) is 0 Å². The van der Waals surface area contributed by atoms with Gasteiger partial charge in [-0.2, -0.15) is 17.4 Å². The fraction of sp³-hybridized carbons (Fsp3) is 0.526. The Balaban J connectivity index is 1.82. The van der Waals surface area contributed by atoms with E-state index in [0.717, 1.165) is 30.0 Å². The van der Waals surface area contributed by atoms with Gasteiger partial charge in [-0.25, -0.2) is 0 Å². The van der Waals surface area contributed by atoms with Gasteiger partial charge in [0, 0.05) is 44.7 Å². The highest BCUT2D eigenvalue weighted by atomic mass is 32.2. The first kappa shape index (κ1) is 20.0. The molecule has 0 saturated carbocycles. The highest BCUT2D eigenvalue weighted by Crippen LogP contribution is 2.30. The summed E-state index contributed by atoms with van der Waals surface area (Å²) in [6, 6.07) is 9.94. The quantitative estimate of drug-likeness (QED) is 0.814. The van der Waals surface area contributed by atoms with E-state index >= 15 is 0 Å². The molecule has 1 aliphatic rings. The van der Waals surface area contributed by atoms with Crippen molar-refractivity contribution in [1.29, 1.82) is 0 Å². The van der Waals surface area contributed by atoms with Crippen molar-refractivity contribution in [3.63, 3.8) is 0 Å². The van der Waals surface area contributed by atoms with Gasteiger partial charge >= 0.3 is 0 Å². The normalized spacial score (nSPS) is 21.7. The molecular formula is C19H28N4O3S. The van der Waals surface area contributed by atoms with Crippen LogP contribution in [0.4, 0.5) is 0 Å². The molecule has 0 radical (unpaired) electrons. The number of aromatic nitrogens is 1. The lowest BCUT2D eigenvalue weighted by Crippen LogP contribution is -2.53. The summed E-state index contributed by atoms with van der Waals surface area (Å²) in [5.41, 5.74) is 3.14. The van der Waals surface area contributed by atoms with Crippen LogP contribution < -0.4 is 4.72 Å². The van der Waals surface area contributed by atoms with Gasteiger partial charge < -0.3 is 4.52 Å². The number of nitrogens with one attached hydrogen (secondary N) is 1. The molecule has 1 N–H and O–H groups in total. The number of hydrogen-bond acceptors (Lipinski definition) is 5. The van der Waals surface area contributed by atoms with Crippen molar-refractivity contribution >= 4 is 10.2 Å². The summed E-state index contributed by atoms with van der Waals surface area (Å²) in [5, 5.41) is 4.03. The second kappa shape index (κ2) is 8.10. The van der Waals surface area contributed by atoms with E-state index in [0.29, 0.717) is 13.1 Å². The van der Waals surface area contributed by atoms with E-state index in [1.165, 1.54) is 9.87 Å². The van der Waals surface area contributed by atoms with Crippen LogP contribution in [-0.2, 0) is 16.8 Å².